The molecule has 39 heavy (non-hydrogen) atoms. The highest BCUT2D eigenvalue weighted by molar-refractivity contribution is 7.92. The molecule has 0 spiro atoms. The standard InChI is InChI=1S/C28H30Cl3N3O4S/c1-4-19(2)32-28(36)20(3)33(17-21-14-15-22(29)16-25(21)31)27(35)18-34(26-13-9-8-12-24(26)30)39(37,38)23-10-6-5-7-11-23/h5-16,19-20H,4,17-18H2,1-3H3,(H,32,36)/t19-,20-/m0/s1. The van der Waals surface area contributed by atoms with Crippen LogP contribution in [0.25, 0.3) is 0 Å². The molecule has 0 aromatic heterocycles. The van der Waals surface area contributed by atoms with Crippen LogP contribution in [0.15, 0.2) is 77.7 Å². The quantitative estimate of drug-likeness (QED) is 0.281. The van der Waals surface area contributed by atoms with Crippen LogP contribution >= 0.6 is 34.8 Å². The molecule has 1 N–H and O–H groups in total. The fourth-order valence-electron chi connectivity index (χ4n) is 3.77. The lowest BCUT2D eigenvalue weighted by Crippen LogP contribution is -2.52. The van der Waals surface area contributed by atoms with E-state index in [-0.39, 0.29) is 34.1 Å². The van der Waals surface area contributed by atoms with E-state index >= 15 is 0 Å². The fraction of sp³-hybridized carbons (Fsp3) is 0.286. The van der Waals surface area contributed by atoms with Crippen LogP contribution in [0.5, 0.6) is 0 Å². The van der Waals surface area contributed by atoms with Crippen LogP contribution in [0.1, 0.15) is 32.8 Å². The average molecular weight is 611 g/mol. The number of carbonyl (C=O) groups excluding carboxylic acids is 2. The Morgan fingerprint density at radius 2 is 1.54 bits per heavy atom. The SMILES string of the molecule is CC[C@H](C)NC(=O)[C@H](C)N(Cc1ccc(Cl)cc1Cl)C(=O)CN(c1ccccc1Cl)S(=O)(=O)c1ccccc1. The van der Waals surface area contributed by atoms with Crippen LogP contribution < -0.4 is 9.62 Å². The van der Waals surface area contributed by atoms with Crippen molar-refractivity contribution in [3.63, 3.8) is 0 Å². The first kappa shape index (κ1) is 30.8. The van der Waals surface area contributed by atoms with E-state index in [0.717, 1.165) is 4.31 Å². The van der Waals surface area contributed by atoms with Crippen LogP contribution in [0, 0.1) is 0 Å². The number of carbonyl (C=O) groups is 2. The summed E-state index contributed by atoms with van der Waals surface area (Å²) in [5.74, 6) is -0.995. The molecular formula is C28H30Cl3N3O4S. The maximum absolute atomic E-state index is 13.9. The molecule has 0 fully saturated rings. The summed E-state index contributed by atoms with van der Waals surface area (Å²) in [4.78, 5) is 28.3. The van der Waals surface area contributed by atoms with E-state index in [2.05, 4.69) is 5.32 Å². The second kappa shape index (κ2) is 13.5. The molecule has 0 bridgehead atoms. The summed E-state index contributed by atoms with van der Waals surface area (Å²) in [6, 6.07) is 17.9. The van der Waals surface area contributed by atoms with Gasteiger partial charge >= 0.3 is 0 Å². The van der Waals surface area contributed by atoms with Crippen molar-refractivity contribution in [2.45, 2.75) is 50.7 Å². The summed E-state index contributed by atoms with van der Waals surface area (Å²) < 4.78 is 28.5. The van der Waals surface area contributed by atoms with Crippen molar-refractivity contribution >= 4 is 62.3 Å². The zero-order valence-electron chi connectivity index (χ0n) is 21.8. The number of anilines is 1. The van der Waals surface area contributed by atoms with Crippen molar-refractivity contribution in [1.82, 2.24) is 10.2 Å². The first-order valence-electron chi connectivity index (χ1n) is 12.3. The molecule has 208 valence electrons. The number of amides is 2. The van der Waals surface area contributed by atoms with Crippen molar-refractivity contribution in [1.29, 1.82) is 0 Å². The second-order valence-electron chi connectivity index (χ2n) is 9.03. The van der Waals surface area contributed by atoms with Gasteiger partial charge in [0.15, 0.2) is 0 Å². The van der Waals surface area contributed by atoms with Crippen molar-refractivity contribution in [2.75, 3.05) is 10.8 Å². The number of benzene rings is 3. The highest BCUT2D eigenvalue weighted by Crippen LogP contribution is 2.31. The maximum atomic E-state index is 13.9. The Bertz CT molecular complexity index is 1420. The van der Waals surface area contributed by atoms with Crippen LogP contribution in [0.2, 0.25) is 15.1 Å². The molecule has 0 aliphatic rings. The molecule has 0 heterocycles. The van der Waals surface area contributed by atoms with Gasteiger partial charge in [0, 0.05) is 22.6 Å². The molecule has 2 atom stereocenters. The van der Waals surface area contributed by atoms with Gasteiger partial charge in [-0.3, -0.25) is 13.9 Å². The third-order valence-electron chi connectivity index (χ3n) is 6.26. The van der Waals surface area contributed by atoms with Gasteiger partial charge in [-0.05, 0) is 62.2 Å². The molecule has 3 aromatic rings. The molecule has 7 nitrogen and oxygen atoms in total. The third kappa shape index (κ3) is 7.66. The first-order valence-corrected chi connectivity index (χ1v) is 14.9. The molecule has 0 unspecified atom stereocenters. The van der Waals surface area contributed by atoms with Crippen LogP contribution in [-0.2, 0) is 26.2 Å². The minimum atomic E-state index is -4.20. The Balaban J connectivity index is 2.05. The Morgan fingerprint density at radius 1 is 0.897 bits per heavy atom. The number of nitrogens with one attached hydrogen (secondary N) is 1. The van der Waals surface area contributed by atoms with Gasteiger partial charge in [-0.1, -0.05) is 78.1 Å². The van der Waals surface area contributed by atoms with E-state index in [9.17, 15) is 18.0 Å². The van der Waals surface area contributed by atoms with Gasteiger partial charge in [0.1, 0.15) is 12.6 Å². The van der Waals surface area contributed by atoms with Gasteiger partial charge in [0.2, 0.25) is 11.8 Å². The minimum Gasteiger partial charge on any atom is -0.352 e. The zero-order valence-corrected chi connectivity index (χ0v) is 24.9. The summed E-state index contributed by atoms with van der Waals surface area (Å²) in [6.45, 7) is 4.73. The molecule has 0 aliphatic heterocycles. The number of halogens is 3. The normalized spacial score (nSPS) is 12.9. The molecule has 0 aliphatic carbocycles. The van der Waals surface area contributed by atoms with Gasteiger partial charge < -0.3 is 10.2 Å². The van der Waals surface area contributed by atoms with E-state index in [1.807, 2.05) is 13.8 Å². The zero-order chi connectivity index (χ0) is 28.7. The number of para-hydroxylation sites is 1. The van der Waals surface area contributed by atoms with Gasteiger partial charge in [-0.25, -0.2) is 8.42 Å². The molecule has 0 radical (unpaired) electrons. The largest absolute Gasteiger partial charge is 0.352 e. The number of hydrogen-bond acceptors (Lipinski definition) is 4. The van der Waals surface area contributed by atoms with E-state index in [1.54, 1.807) is 61.5 Å². The minimum absolute atomic E-state index is 0.00687. The first-order chi connectivity index (χ1) is 18.4. The Kier molecular flexibility index (Phi) is 10.7. The van der Waals surface area contributed by atoms with Crippen molar-refractivity contribution in [3.8, 4) is 0 Å². The topological polar surface area (TPSA) is 86.8 Å². The van der Waals surface area contributed by atoms with Crippen LogP contribution in [0.3, 0.4) is 0 Å². The molecule has 3 rings (SSSR count). The van der Waals surface area contributed by atoms with Gasteiger partial charge in [-0.2, -0.15) is 0 Å². The average Bonchev–Trinajstić information content (AvgIpc) is 2.91. The monoisotopic (exact) mass is 609 g/mol. The summed E-state index contributed by atoms with van der Waals surface area (Å²) in [6.07, 6.45) is 0.699. The van der Waals surface area contributed by atoms with Crippen molar-refractivity contribution in [3.05, 3.63) is 93.4 Å². The molecular weight excluding hydrogens is 581 g/mol. The van der Waals surface area contributed by atoms with E-state index in [0.29, 0.717) is 22.0 Å². The Labute approximate surface area is 244 Å². The lowest BCUT2D eigenvalue weighted by molar-refractivity contribution is -0.139. The second-order valence-corrected chi connectivity index (χ2v) is 12.1. The van der Waals surface area contributed by atoms with Gasteiger partial charge in [-0.15, -0.1) is 0 Å². The summed E-state index contributed by atoms with van der Waals surface area (Å²) >= 11 is 18.8. The van der Waals surface area contributed by atoms with Crippen LogP contribution in [-0.4, -0.2) is 43.8 Å². The van der Waals surface area contributed by atoms with Gasteiger partial charge in [0.05, 0.1) is 15.6 Å². The fourth-order valence-corrected chi connectivity index (χ4v) is 5.98. The molecule has 3 aromatic carbocycles. The maximum Gasteiger partial charge on any atom is 0.264 e. The van der Waals surface area contributed by atoms with Gasteiger partial charge in [0.25, 0.3) is 10.0 Å². The number of hydrogen-bond donors (Lipinski definition) is 1. The molecule has 0 saturated heterocycles. The van der Waals surface area contributed by atoms with E-state index < -0.39 is 28.5 Å². The summed E-state index contributed by atoms with van der Waals surface area (Å²) in [5.41, 5.74) is 0.686. The molecule has 0 saturated carbocycles. The van der Waals surface area contributed by atoms with E-state index in [1.165, 1.54) is 23.1 Å². The Hall–Kier alpha value is -2.78. The smallest absolute Gasteiger partial charge is 0.264 e. The van der Waals surface area contributed by atoms with E-state index in [4.69, 9.17) is 34.8 Å². The predicted octanol–water partition coefficient (Wildman–Crippen LogP) is 6.17. The van der Waals surface area contributed by atoms with Crippen molar-refractivity contribution < 1.29 is 18.0 Å². The molecule has 11 heteroatoms. The predicted molar refractivity (Wildman–Crippen MR) is 157 cm³/mol. The summed E-state index contributed by atoms with van der Waals surface area (Å²) in [5, 5.41) is 3.77. The highest BCUT2D eigenvalue weighted by atomic mass is 35.5. The van der Waals surface area contributed by atoms with Crippen LogP contribution in [0.4, 0.5) is 5.69 Å². The number of nitrogens with zero attached hydrogens (tertiary/aromatic N) is 2. The molecule has 2 amide bonds. The number of rotatable bonds is 11. The lowest BCUT2D eigenvalue weighted by Gasteiger charge is -2.32. The number of sulfonamides is 1. The Morgan fingerprint density at radius 3 is 2.15 bits per heavy atom. The third-order valence-corrected chi connectivity index (χ3v) is 8.94. The van der Waals surface area contributed by atoms with Crippen molar-refractivity contribution in [2.24, 2.45) is 0 Å². The highest BCUT2D eigenvalue weighted by Gasteiger charge is 2.33. The lowest BCUT2D eigenvalue weighted by atomic mass is 10.1. The summed E-state index contributed by atoms with van der Waals surface area (Å²) in [7, 11) is -4.20.